The van der Waals surface area contributed by atoms with Crippen LogP contribution in [0.1, 0.15) is 28.1 Å². The summed E-state index contributed by atoms with van der Waals surface area (Å²) in [5, 5.41) is 2.69. The van der Waals surface area contributed by atoms with E-state index in [0.29, 0.717) is 16.3 Å². The summed E-state index contributed by atoms with van der Waals surface area (Å²) < 4.78 is 2.08. The van der Waals surface area contributed by atoms with E-state index >= 15 is 0 Å². The normalized spacial score (nSPS) is 15.5. The number of halogens is 1. The average molecular weight is 448 g/mol. The highest BCUT2D eigenvalue weighted by Crippen LogP contribution is 2.30. The average Bonchev–Trinajstić information content (AvgIpc) is 3.01. The van der Waals surface area contributed by atoms with Gasteiger partial charge in [0.25, 0.3) is 11.8 Å². The summed E-state index contributed by atoms with van der Waals surface area (Å²) in [4.78, 5) is 39.3. The number of carbonyl (C=O) groups excluding carboxylic acids is 3. The Kier molecular flexibility index (Phi) is 5.48. The number of para-hydroxylation sites is 1. The van der Waals surface area contributed by atoms with Gasteiger partial charge in [0.2, 0.25) is 0 Å². The third-order valence-electron chi connectivity index (χ3n) is 5.71. The second-order valence-electron chi connectivity index (χ2n) is 7.79. The molecule has 1 aromatic heterocycles. The second kappa shape index (κ2) is 8.13. The number of aromatic nitrogens is 1. The van der Waals surface area contributed by atoms with Gasteiger partial charge >= 0.3 is 6.03 Å². The van der Waals surface area contributed by atoms with Crippen LogP contribution in [0.2, 0.25) is 5.02 Å². The molecule has 162 valence electrons. The summed E-state index contributed by atoms with van der Waals surface area (Å²) in [5.74, 6) is -1.42. The Morgan fingerprint density at radius 2 is 1.59 bits per heavy atom. The third-order valence-corrected chi connectivity index (χ3v) is 6.12. The molecule has 1 saturated heterocycles. The lowest BCUT2D eigenvalue weighted by Crippen LogP contribution is -2.54. The lowest BCUT2D eigenvalue weighted by Gasteiger charge is -2.27. The maximum absolute atomic E-state index is 13.3. The van der Waals surface area contributed by atoms with Crippen molar-refractivity contribution in [1.29, 1.82) is 0 Å². The Balaban J connectivity index is 1.81. The number of hydrogen-bond acceptors (Lipinski definition) is 3. The number of nitrogens with zero attached hydrogens (tertiary/aromatic N) is 2. The number of aryl methyl sites for hydroxylation is 2. The molecule has 2 aromatic carbocycles. The first-order valence-electron chi connectivity index (χ1n) is 10.1. The molecule has 0 spiro atoms. The van der Waals surface area contributed by atoms with Crippen molar-refractivity contribution < 1.29 is 14.4 Å². The third kappa shape index (κ3) is 3.52. The first-order valence-corrected chi connectivity index (χ1v) is 10.5. The zero-order chi connectivity index (χ0) is 23.2. The highest BCUT2D eigenvalue weighted by atomic mass is 35.5. The molecule has 7 heteroatoms. The predicted octanol–water partition coefficient (Wildman–Crippen LogP) is 5.03. The Bertz CT molecular complexity index is 1320. The zero-order valence-electron chi connectivity index (χ0n) is 18.2. The highest BCUT2D eigenvalue weighted by Gasteiger charge is 2.37. The van der Waals surface area contributed by atoms with Crippen molar-refractivity contribution in [1.82, 2.24) is 9.88 Å². The van der Waals surface area contributed by atoms with Crippen molar-refractivity contribution in [2.75, 3.05) is 4.90 Å². The van der Waals surface area contributed by atoms with E-state index in [1.165, 1.54) is 6.08 Å². The van der Waals surface area contributed by atoms with Crippen LogP contribution in [-0.2, 0) is 9.59 Å². The molecule has 0 bridgehead atoms. The number of imide groups is 2. The van der Waals surface area contributed by atoms with Gasteiger partial charge in [0.15, 0.2) is 0 Å². The van der Waals surface area contributed by atoms with Crippen molar-refractivity contribution in [3.63, 3.8) is 0 Å². The van der Waals surface area contributed by atoms with Crippen LogP contribution in [0, 0.1) is 27.7 Å². The predicted molar refractivity (Wildman–Crippen MR) is 125 cm³/mol. The maximum Gasteiger partial charge on any atom is 0.335 e. The van der Waals surface area contributed by atoms with E-state index < -0.39 is 17.8 Å². The summed E-state index contributed by atoms with van der Waals surface area (Å²) in [7, 11) is 0. The van der Waals surface area contributed by atoms with E-state index in [1.54, 1.807) is 25.1 Å². The largest absolute Gasteiger partial charge is 0.335 e. The van der Waals surface area contributed by atoms with Crippen LogP contribution in [0.3, 0.4) is 0 Å². The van der Waals surface area contributed by atoms with E-state index in [2.05, 4.69) is 9.88 Å². The van der Waals surface area contributed by atoms with E-state index in [0.717, 1.165) is 33.1 Å². The lowest BCUT2D eigenvalue weighted by atomic mass is 10.1. The molecular weight excluding hydrogens is 426 g/mol. The minimum Gasteiger partial charge on any atom is -0.318 e. The van der Waals surface area contributed by atoms with Gasteiger partial charge in [-0.25, -0.2) is 9.69 Å². The van der Waals surface area contributed by atoms with E-state index in [4.69, 9.17) is 11.6 Å². The van der Waals surface area contributed by atoms with E-state index in [1.807, 2.05) is 51.1 Å². The fourth-order valence-electron chi connectivity index (χ4n) is 3.99. The Labute approximate surface area is 191 Å². The van der Waals surface area contributed by atoms with Gasteiger partial charge in [-0.05, 0) is 74.7 Å². The number of rotatable bonds is 3. The minimum absolute atomic E-state index is 0.117. The fourth-order valence-corrected chi connectivity index (χ4v) is 4.16. The first-order chi connectivity index (χ1) is 15.2. The lowest BCUT2D eigenvalue weighted by molar-refractivity contribution is -0.122. The van der Waals surface area contributed by atoms with Crippen LogP contribution in [0.15, 0.2) is 54.1 Å². The standard InChI is InChI=1S/C25H22ClN3O3/c1-14-8-5-6-10-21(14)28-15(2)12-18(17(28)4)13-19-23(30)27-25(32)29(24(19)31)22-11-7-9-20(26)16(22)3/h5-13H,1-4H3,(H,27,30,32)/b19-13+. The molecule has 0 saturated carbocycles. The van der Waals surface area contributed by atoms with Crippen LogP contribution in [0.25, 0.3) is 11.8 Å². The Morgan fingerprint density at radius 3 is 2.31 bits per heavy atom. The van der Waals surface area contributed by atoms with Gasteiger partial charge in [-0.3, -0.25) is 14.9 Å². The number of carbonyl (C=O) groups is 3. The van der Waals surface area contributed by atoms with Crippen molar-refractivity contribution in [2.45, 2.75) is 27.7 Å². The van der Waals surface area contributed by atoms with Crippen molar-refractivity contribution >= 4 is 41.2 Å². The molecule has 3 aromatic rings. The van der Waals surface area contributed by atoms with Crippen LogP contribution in [0.5, 0.6) is 0 Å². The van der Waals surface area contributed by atoms with Crippen molar-refractivity contribution in [2.24, 2.45) is 0 Å². The monoisotopic (exact) mass is 447 g/mol. The van der Waals surface area contributed by atoms with Gasteiger partial charge in [-0.1, -0.05) is 35.9 Å². The number of nitrogens with one attached hydrogen (secondary N) is 1. The topological polar surface area (TPSA) is 71.4 Å². The molecule has 32 heavy (non-hydrogen) atoms. The number of urea groups is 1. The summed E-state index contributed by atoms with van der Waals surface area (Å²) in [6, 6.07) is 14.1. The van der Waals surface area contributed by atoms with Crippen LogP contribution < -0.4 is 10.2 Å². The molecule has 2 heterocycles. The quantitative estimate of drug-likeness (QED) is 0.452. The summed E-state index contributed by atoms with van der Waals surface area (Å²) >= 11 is 6.18. The number of benzene rings is 2. The molecular formula is C25H22ClN3O3. The molecule has 4 amide bonds. The second-order valence-corrected chi connectivity index (χ2v) is 8.20. The number of barbiturate groups is 1. The maximum atomic E-state index is 13.3. The Hall–Kier alpha value is -3.64. The molecule has 0 unspecified atom stereocenters. The van der Waals surface area contributed by atoms with Crippen molar-refractivity contribution in [3.05, 3.63) is 87.2 Å². The van der Waals surface area contributed by atoms with Gasteiger partial charge < -0.3 is 4.57 Å². The molecule has 0 aliphatic carbocycles. The molecule has 1 aliphatic rings. The van der Waals surface area contributed by atoms with Crippen molar-refractivity contribution in [3.8, 4) is 5.69 Å². The van der Waals surface area contributed by atoms with E-state index in [-0.39, 0.29) is 5.57 Å². The number of amides is 4. The summed E-state index contributed by atoms with van der Waals surface area (Å²) in [6.07, 6.45) is 1.54. The van der Waals surface area contributed by atoms with Gasteiger partial charge in [0, 0.05) is 22.1 Å². The Morgan fingerprint density at radius 1 is 0.906 bits per heavy atom. The number of hydrogen-bond donors (Lipinski definition) is 1. The minimum atomic E-state index is -0.798. The first kappa shape index (κ1) is 21.6. The molecule has 4 rings (SSSR count). The number of anilines is 1. The molecule has 1 fully saturated rings. The van der Waals surface area contributed by atoms with Gasteiger partial charge in [0.1, 0.15) is 5.57 Å². The fraction of sp³-hybridized carbons (Fsp3) is 0.160. The highest BCUT2D eigenvalue weighted by molar-refractivity contribution is 6.40. The molecule has 0 atom stereocenters. The SMILES string of the molecule is Cc1ccccc1-n1c(C)cc(/C=C2\C(=O)NC(=O)N(c3cccc(Cl)c3C)C2=O)c1C. The van der Waals surface area contributed by atoms with Gasteiger partial charge in [-0.2, -0.15) is 0 Å². The van der Waals surface area contributed by atoms with Crippen LogP contribution in [-0.4, -0.2) is 22.4 Å². The van der Waals surface area contributed by atoms with E-state index in [9.17, 15) is 14.4 Å². The van der Waals surface area contributed by atoms with Crippen LogP contribution in [0.4, 0.5) is 10.5 Å². The van der Waals surface area contributed by atoms with Crippen LogP contribution >= 0.6 is 11.6 Å². The zero-order valence-corrected chi connectivity index (χ0v) is 18.9. The van der Waals surface area contributed by atoms with Gasteiger partial charge in [0.05, 0.1) is 5.69 Å². The molecule has 6 nitrogen and oxygen atoms in total. The smallest absolute Gasteiger partial charge is 0.318 e. The summed E-state index contributed by atoms with van der Waals surface area (Å²) in [6.45, 7) is 7.64. The molecule has 1 aliphatic heterocycles. The van der Waals surface area contributed by atoms with Gasteiger partial charge in [-0.15, -0.1) is 0 Å². The molecule has 1 N–H and O–H groups in total. The summed E-state index contributed by atoms with van der Waals surface area (Å²) in [5.41, 5.74) is 5.49. The molecule has 0 radical (unpaired) electrons.